The molecule has 1 aromatic heterocycles. The second kappa shape index (κ2) is 7.76. The van der Waals surface area contributed by atoms with Gasteiger partial charge >= 0.3 is 6.03 Å². The summed E-state index contributed by atoms with van der Waals surface area (Å²) >= 11 is 5.95. The average molecular weight is 389 g/mol. The van der Waals surface area contributed by atoms with Gasteiger partial charge in [0.25, 0.3) is 0 Å². The van der Waals surface area contributed by atoms with Gasteiger partial charge in [0.05, 0.1) is 5.70 Å². The first-order chi connectivity index (χ1) is 12.8. The summed E-state index contributed by atoms with van der Waals surface area (Å²) in [5, 5.41) is 3.40. The van der Waals surface area contributed by atoms with Crippen LogP contribution in [0.25, 0.3) is 11.3 Å². The fraction of sp³-hybridized carbons (Fsp3) is 0.350. The molecule has 0 bridgehead atoms. The second-order valence-corrected chi connectivity index (χ2v) is 7.44. The van der Waals surface area contributed by atoms with Crippen molar-refractivity contribution in [2.24, 2.45) is 5.73 Å². The molecule has 0 spiro atoms. The molecule has 2 heterocycles. The summed E-state index contributed by atoms with van der Waals surface area (Å²) in [4.78, 5) is 16.1. The molecule has 1 unspecified atom stereocenters. The molecule has 0 saturated carbocycles. The van der Waals surface area contributed by atoms with Gasteiger partial charge in [0.15, 0.2) is 11.4 Å². The van der Waals surface area contributed by atoms with Crippen molar-refractivity contribution in [3.63, 3.8) is 0 Å². The van der Waals surface area contributed by atoms with Crippen LogP contribution >= 0.6 is 11.6 Å². The molecule has 3 rings (SSSR count). The van der Waals surface area contributed by atoms with Gasteiger partial charge in [0.2, 0.25) is 0 Å². The van der Waals surface area contributed by atoms with E-state index in [1.165, 1.54) is 0 Å². The molecular weight excluding hydrogens is 364 g/mol. The zero-order valence-electron chi connectivity index (χ0n) is 15.7. The van der Waals surface area contributed by atoms with Gasteiger partial charge in [-0.2, -0.15) is 0 Å². The Morgan fingerprint density at radius 2 is 1.93 bits per heavy atom. The quantitative estimate of drug-likeness (QED) is 0.711. The molecule has 1 aliphatic rings. The van der Waals surface area contributed by atoms with Crippen molar-refractivity contribution < 1.29 is 9.21 Å². The van der Waals surface area contributed by atoms with Crippen LogP contribution in [0.4, 0.5) is 4.79 Å². The monoisotopic (exact) mass is 388 g/mol. The number of urea groups is 1. The number of rotatable bonds is 7. The van der Waals surface area contributed by atoms with Crippen molar-refractivity contribution in [3.05, 3.63) is 59.5 Å². The minimum atomic E-state index is -1.21. The first-order valence-electron chi connectivity index (χ1n) is 8.90. The number of nitrogens with one attached hydrogen (secondary N) is 1. The smallest absolute Gasteiger partial charge is 0.323 e. The Labute approximate surface area is 164 Å². The Morgan fingerprint density at radius 1 is 1.22 bits per heavy atom. The summed E-state index contributed by atoms with van der Waals surface area (Å²) in [5.74, 6) is 1.13. The third-order valence-corrected chi connectivity index (χ3v) is 4.99. The maximum absolute atomic E-state index is 12.4. The fourth-order valence-corrected chi connectivity index (χ4v) is 3.31. The van der Waals surface area contributed by atoms with Gasteiger partial charge < -0.3 is 14.6 Å². The topological polar surface area (TPSA) is 74.7 Å². The van der Waals surface area contributed by atoms with Crippen LogP contribution < -0.4 is 11.1 Å². The zero-order valence-corrected chi connectivity index (χ0v) is 16.4. The number of halogens is 1. The summed E-state index contributed by atoms with van der Waals surface area (Å²) in [6.45, 7) is 5.42. The molecule has 1 saturated heterocycles. The van der Waals surface area contributed by atoms with Gasteiger partial charge in [-0.15, -0.1) is 0 Å². The maximum Gasteiger partial charge on any atom is 0.323 e. The van der Waals surface area contributed by atoms with Gasteiger partial charge in [-0.25, -0.2) is 4.79 Å². The summed E-state index contributed by atoms with van der Waals surface area (Å²) in [5.41, 5.74) is 6.72. The number of carbonyl (C=O) groups is 1. The van der Waals surface area contributed by atoms with Crippen LogP contribution in [0.15, 0.2) is 53.1 Å². The van der Waals surface area contributed by atoms with E-state index in [1.807, 2.05) is 32.3 Å². The van der Waals surface area contributed by atoms with Crippen molar-refractivity contribution in [3.8, 4) is 11.3 Å². The molecule has 0 aliphatic carbocycles. The Balaban J connectivity index is 1.82. The Kier molecular flexibility index (Phi) is 5.60. The number of benzene rings is 1. The van der Waals surface area contributed by atoms with Crippen LogP contribution in [0.3, 0.4) is 0 Å². The van der Waals surface area contributed by atoms with E-state index in [0.29, 0.717) is 28.8 Å². The standard InChI is InChI=1S/C20H25ClN4O2/c1-14-20(22,25(19(26)23-14)13-5-4-12-24(2)3)18-11-10-17(27-18)15-6-8-16(21)9-7-15/h6-11H,1,4-5,12-13,22H2,2-3H3,(H,23,26). The number of carbonyl (C=O) groups excluding carboxylic acids is 1. The minimum absolute atomic E-state index is 0.253. The first-order valence-corrected chi connectivity index (χ1v) is 9.28. The van der Waals surface area contributed by atoms with E-state index < -0.39 is 5.66 Å². The molecule has 27 heavy (non-hydrogen) atoms. The SMILES string of the molecule is C=C1NC(=O)N(CCCCN(C)C)C1(N)c1ccc(-c2ccc(Cl)cc2)o1. The molecule has 144 valence electrons. The molecule has 7 heteroatoms. The molecule has 6 nitrogen and oxygen atoms in total. The van der Waals surface area contributed by atoms with Crippen molar-refractivity contribution in [2.75, 3.05) is 27.2 Å². The lowest BCUT2D eigenvalue weighted by molar-refractivity contribution is 0.149. The fourth-order valence-electron chi connectivity index (χ4n) is 3.18. The van der Waals surface area contributed by atoms with Crippen molar-refractivity contribution in [1.82, 2.24) is 15.1 Å². The molecule has 1 fully saturated rings. The normalized spacial score (nSPS) is 19.8. The largest absolute Gasteiger partial charge is 0.457 e. The molecule has 3 N–H and O–H groups in total. The lowest BCUT2D eigenvalue weighted by Crippen LogP contribution is -2.51. The highest BCUT2D eigenvalue weighted by atomic mass is 35.5. The lowest BCUT2D eigenvalue weighted by atomic mass is 10.0. The minimum Gasteiger partial charge on any atom is -0.457 e. The van der Waals surface area contributed by atoms with E-state index >= 15 is 0 Å². The summed E-state index contributed by atoms with van der Waals surface area (Å²) in [6.07, 6.45) is 1.80. The number of nitrogens with zero attached hydrogens (tertiary/aromatic N) is 2. The molecule has 0 radical (unpaired) electrons. The second-order valence-electron chi connectivity index (χ2n) is 7.01. The van der Waals surface area contributed by atoms with Gasteiger partial charge in [-0.05, 0) is 69.9 Å². The van der Waals surface area contributed by atoms with Gasteiger partial charge in [0.1, 0.15) is 5.76 Å². The molecular formula is C20H25ClN4O2. The number of hydrogen-bond acceptors (Lipinski definition) is 4. The number of hydrogen-bond donors (Lipinski definition) is 2. The van der Waals surface area contributed by atoms with E-state index in [1.54, 1.807) is 23.1 Å². The Hall–Kier alpha value is -2.28. The number of unbranched alkanes of at least 4 members (excludes halogenated alkanes) is 1. The van der Waals surface area contributed by atoms with Crippen LogP contribution in [0.1, 0.15) is 18.6 Å². The zero-order chi connectivity index (χ0) is 19.6. The molecule has 1 atom stereocenters. The van der Waals surface area contributed by atoms with Gasteiger partial charge in [-0.1, -0.05) is 18.2 Å². The van der Waals surface area contributed by atoms with Crippen molar-refractivity contribution in [1.29, 1.82) is 0 Å². The third kappa shape index (κ3) is 3.88. The Morgan fingerprint density at radius 3 is 2.59 bits per heavy atom. The molecule has 2 aromatic rings. The van der Waals surface area contributed by atoms with E-state index in [4.69, 9.17) is 21.8 Å². The van der Waals surface area contributed by atoms with Crippen molar-refractivity contribution in [2.45, 2.75) is 18.5 Å². The predicted molar refractivity (Wildman–Crippen MR) is 107 cm³/mol. The maximum atomic E-state index is 12.4. The van der Waals surface area contributed by atoms with Crippen LogP contribution in [-0.4, -0.2) is 43.0 Å². The van der Waals surface area contributed by atoms with Crippen molar-refractivity contribution >= 4 is 17.6 Å². The first kappa shape index (κ1) is 19.5. The third-order valence-electron chi connectivity index (χ3n) is 4.74. The molecule has 1 aliphatic heterocycles. The highest BCUT2D eigenvalue weighted by Gasteiger charge is 2.49. The summed E-state index contributed by atoms with van der Waals surface area (Å²) < 4.78 is 6.02. The number of nitrogens with two attached hydrogens (primary N) is 1. The molecule has 1 aromatic carbocycles. The lowest BCUT2D eigenvalue weighted by Gasteiger charge is -2.32. The predicted octanol–water partition coefficient (Wildman–Crippen LogP) is 3.59. The average Bonchev–Trinajstić information content (AvgIpc) is 3.18. The highest BCUT2D eigenvalue weighted by Crippen LogP contribution is 2.37. The van der Waals surface area contributed by atoms with Crippen LogP contribution in [0, 0.1) is 0 Å². The van der Waals surface area contributed by atoms with E-state index in [2.05, 4.69) is 16.8 Å². The van der Waals surface area contributed by atoms with Crippen LogP contribution in [0.5, 0.6) is 0 Å². The molecule has 2 amide bonds. The Bertz CT molecular complexity index is 831. The van der Waals surface area contributed by atoms with E-state index in [9.17, 15) is 4.79 Å². The number of furan rings is 1. The number of amides is 2. The van der Waals surface area contributed by atoms with Crippen LogP contribution in [0.2, 0.25) is 5.02 Å². The van der Waals surface area contributed by atoms with Gasteiger partial charge in [-0.3, -0.25) is 10.6 Å². The summed E-state index contributed by atoms with van der Waals surface area (Å²) in [7, 11) is 4.05. The van der Waals surface area contributed by atoms with Crippen LogP contribution in [-0.2, 0) is 5.66 Å². The van der Waals surface area contributed by atoms with Gasteiger partial charge in [0, 0.05) is 17.1 Å². The summed E-state index contributed by atoms with van der Waals surface area (Å²) in [6, 6.07) is 10.7. The van der Waals surface area contributed by atoms with E-state index in [0.717, 1.165) is 24.9 Å². The van der Waals surface area contributed by atoms with E-state index in [-0.39, 0.29) is 6.03 Å². The highest BCUT2D eigenvalue weighted by molar-refractivity contribution is 6.30.